The van der Waals surface area contributed by atoms with Crippen LogP contribution in [-0.4, -0.2) is 17.3 Å². The van der Waals surface area contributed by atoms with E-state index < -0.39 is 5.60 Å². The maximum absolute atomic E-state index is 10.7. The number of azide groups is 1. The molecule has 0 spiro atoms. The summed E-state index contributed by atoms with van der Waals surface area (Å²) in [5, 5.41) is 15.3. The van der Waals surface area contributed by atoms with Gasteiger partial charge in [-0.25, -0.2) is 0 Å². The van der Waals surface area contributed by atoms with Crippen LogP contribution in [0.2, 0.25) is 10.0 Å². The quantitative estimate of drug-likeness (QED) is 0.491. The Labute approximate surface area is 122 Å². The van der Waals surface area contributed by atoms with Crippen molar-refractivity contribution in [3.8, 4) is 0 Å². The van der Waals surface area contributed by atoms with Gasteiger partial charge in [-0.15, -0.1) is 0 Å². The second-order valence-electron chi connectivity index (χ2n) is 4.96. The van der Waals surface area contributed by atoms with Crippen molar-refractivity contribution in [2.75, 3.05) is 6.54 Å². The van der Waals surface area contributed by atoms with Gasteiger partial charge in [0.25, 0.3) is 0 Å². The maximum Gasteiger partial charge on any atom is 0.0772 e. The number of rotatable bonds is 3. The topological polar surface area (TPSA) is 69.0 Å². The van der Waals surface area contributed by atoms with E-state index in [9.17, 15) is 5.11 Å². The first-order valence-corrected chi connectivity index (χ1v) is 7.00. The number of halogens is 2. The highest BCUT2D eigenvalue weighted by atomic mass is 35.5. The summed E-state index contributed by atoms with van der Waals surface area (Å²) in [7, 11) is 0. The molecule has 0 radical (unpaired) electrons. The summed E-state index contributed by atoms with van der Waals surface area (Å²) in [5.74, 6) is -0.0680. The van der Waals surface area contributed by atoms with Crippen LogP contribution in [0.3, 0.4) is 0 Å². The number of aliphatic hydroxyl groups is 1. The van der Waals surface area contributed by atoms with Gasteiger partial charge in [0.1, 0.15) is 0 Å². The highest BCUT2D eigenvalue weighted by Crippen LogP contribution is 2.42. The van der Waals surface area contributed by atoms with E-state index in [4.69, 9.17) is 28.7 Å². The number of nitrogens with zero attached hydrogens (tertiary/aromatic N) is 3. The van der Waals surface area contributed by atoms with Crippen molar-refractivity contribution in [3.63, 3.8) is 0 Å². The monoisotopic (exact) mass is 299 g/mol. The Bertz CT molecular complexity index is 517. The largest absolute Gasteiger partial charge is 0.389 e. The minimum Gasteiger partial charge on any atom is -0.389 e. The van der Waals surface area contributed by atoms with Crippen LogP contribution in [-0.2, 0) is 0 Å². The van der Waals surface area contributed by atoms with Gasteiger partial charge in [0, 0.05) is 10.8 Å². The van der Waals surface area contributed by atoms with E-state index in [-0.39, 0.29) is 12.5 Å². The molecule has 1 N–H and O–H groups in total. The minimum atomic E-state index is -0.984. The molecule has 4 nitrogen and oxygen atoms in total. The summed E-state index contributed by atoms with van der Waals surface area (Å²) >= 11 is 11.9. The molecule has 0 bridgehead atoms. The van der Waals surface area contributed by atoms with E-state index in [0.717, 1.165) is 24.8 Å². The van der Waals surface area contributed by atoms with Crippen LogP contribution in [0.5, 0.6) is 0 Å². The molecule has 0 aromatic heterocycles. The maximum atomic E-state index is 10.7. The summed E-state index contributed by atoms with van der Waals surface area (Å²) in [6, 6.07) is 5.41. The second-order valence-corrected chi connectivity index (χ2v) is 5.78. The van der Waals surface area contributed by atoms with E-state index in [1.807, 2.05) is 6.07 Å². The minimum absolute atomic E-state index is 0.0680. The Morgan fingerprint density at radius 2 is 2.16 bits per heavy atom. The zero-order chi connectivity index (χ0) is 13.9. The van der Waals surface area contributed by atoms with Crippen LogP contribution in [0.1, 0.15) is 37.2 Å². The molecule has 1 aromatic rings. The van der Waals surface area contributed by atoms with Gasteiger partial charge in [-0.2, -0.15) is 0 Å². The molecule has 6 heteroatoms. The smallest absolute Gasteiger partial charge is 0.0772 e. The fourth-order valence-corrected chi connectivity index (χ4v) is 3.08. The summed E-state index contributed by atoms with van der Waals surface area (Å²) in [5.41, 5.74) is 8.42. The number of hydrogen-bond acceptors (Lipinski definition) is 2. The van der Waals surface area contributed by atoms with Crippen molar-refractivity contribution in [1.29, 1.82) is 0 Å². The summed E-state index contributed by atoms with van der Waals surface area (Å²) in [6.07, 6.45) is 3.48. The molecule has 0 heterocycles. The van der Waals surface area contributed by atoms with Crippen LogP contribution in [0.25, 0.3) is 10.4 Å². The number of hydrogen-bond donors (Lipinski definition) is 1. The molecule has 1 aliphatic rings. The molecule has 0 aliphatic heterocycles. The van der Waals surface area contributed by atoms with Crippen molar-refractivity contribution in [2.45, 2.75) is 37.2 Å². The molecule has 1 fully saturated rings. The van der Waals surface area contributed by atoms with Gasteiger partial charge in [-0.3, -0.25) is 0 Å². The van der Waals surface area contributed by atoms with Crippen LogP contribution >= 0.6 is 23.2 Å². The van der Waals surface area contributed by atoms with Crippen LogP contribution < -0.4 is 0 Å². The fourth-order valence-electron chi connectivity index (χ4n) is 2.77. The average Bonchev–Trinajstić information content (AvgIpc) is 2.40. The Morgan fingerprint density at radius 1 is 1.37 bits per heavy atom. The van der Waals surface area contributed by atoms with E-state index in [0.29, 0.717) is 16.5 Å². The van der Waals surface area contributed by atoms with Crippen molar-refractivity contribution in [3.05, 3.63) is 44.3 Å². The summed E-state index contributed by atoms with van der Waals surface area (Å²) in [6.45, 7) is 0.0917. The molecule has 1 aliphatic carbocycles. The SMILES string of the molecule is [N-]=[N+]=NCC1(O)CCCCC1c1ccc(Cl)c(Cl)c1. The van der Waals surface area contributed by atoms with Crippen molar-refractivity contribution >= 4 is 23.2 Å². The molecular weight excluding hydrogens is 285 g/mol. The number of benzene rings is 1. The molecule has 0 saturated heterocycles. The lowest BCUT2D eigenvalue weighted by Gasteiger charge is -2.39. The Balaban J connectivity index is 2.32. The normalized spacial score (nSPS) is 26.8. The van der Waals surface area contributed by atoms with Gasteiger partial charge < -0.3 is 5.11 Å². The molecule has 102 valence electrons. The van der Waals surface area contributed by atoms with Crippen molar-refractivity contribution in [1.82, 2.24) is 0 Å². The first-order valence-electron chi connectivity index (χ1n) is 6.25. The lowest BCUT2D eigenvalue weighted by molar-refractivity contribution is -0.00843. The predicted molar refractivity (Wildman–Crippen MR) is 76.6 cm³/mol. The lowest BCUT2D eigenvalue weighted by Crippen LogP contribution is -2.41. The Hall–Kier alpha value is -0.930. The molecule has 1 aromatic carbocycles. The van der Waals surface area contributed by atoms with Gasteiger partial charge in [0.05, 0.1) is 22.2 Å². The van der Waals surface area contributed by atoms with Crippen molar-refractivity contribution in [2.24, 2.45) is 5.11 Å². The Morgan fingerprint density at radius 3 is 2.84 bits per heavy atom. The molecule has 2 rings (SSSR count). The fraction of sp³-hybridized carbons (Fsp3) is 0.538. The van der Waals surface area contributed by atoms with E-state index in [2.05, 4.69) is 10.0 Å². The van der Waals surface area contributed by atoms with E-state index >= 15 is 0 Å². The van der Waals surface area contributed by atoms with Crippen LogP contribution in [0, 0.1) is 0 Å². The summed E-state index contributed by atoms with van der Waals surface area (Å²) < 4.78 is 0. The first kappa shape index (κ1) is 14.5. The predicted octanol–water partition coefficient (Wildman–Crippen LogP) is 4.69. The third-order valence-electron chi connectivity index (χ3n) is 3.75. The van der Waals surface area contributed by atoms with E-state index in [1.165, 1.54) is 0 Å². The highest BCUT2D eigenvalue weighted by Gasteiger charge is 2.39. The third kappa shape index (κ3) is 3.15. The first-order chi connectivity index (χ1) is 9.07. The van der Waals surface area contributed by atoms with Crippen molar-refractivity contribution < 1.29 is 5.11 Å². The zero-order valence-electron chi connectivity index (χ0n) is 10.4. The molecule has 2 atom stereocenters. The highest BCUT2D eigenvalue weighted by molar-refractivity contribution is 6.42. The van der Waals surface area contributed by atoms with Gasteiger partial charge in [-0.05, 0) is 36.1 Å². The van der Waals surface area contributed by atoms with Crippen LogP contribution in [0.4, 0.5) is 0 Å². The molecule has 2 unspecified atom stereocenters. The molecule has 19 heavy (non-hydrogen) atoms. The lowest BCUT2D eigenvalue weighted by atomic mass is 9.72. The molecular formula is C13H15Cl2N3O. The second kappa shape index (κ2) is 6.02. The van der Waals surface area contributed by atoms with E-state index in [1.54, 1.807) is 12.1 Å². The van der Waals surface area contributed by atoms with Gasteiger partial charge in [-0.1, -0.05) is 47.2 Å². The zero-order valence-corrected chi connectivity index (χ0v) is 11.9. The molecule has 1 saturated carbocycles. The van der Waals surface area contributed by atoms with Gasteiger partial charge in [0.15, 0.2) is 0 Å². The third-order valence-corrected chi connectivity index (χ3v) is 4.49. The van der Waals surface area contributed by atoms with Crippen LogP contribution in [0.15, 0.2) is 23.3 Å². The average molecular weight is 300 g/mol. The standard InChI is InChI=1S/C13H15Cl2N3O/c14-11-5-4-9(7-12(11)15)10-3-1-2-6-13(10,19)8-17-18-16/h4-5,7,10,19H,1-3,6,8H2. The molecule has 0 amide bonds. The van der Waals surface area contributed by atoms with Gasteiger partial charge >= 0.3 is 0 Å². The van der Waals surface area contributed by atoms with Gasteiger partial charge in [0.2, 0.25) is 0 Å². The summed E-state index contributed by atoms with van der Waals surface area (Å²) in [4.78, 5) is 2.75. The Kier molecular flexibility index (Phi) is 4.58.